The number of carbonyl (C=O) groups excluding carboxylic acids is 1. The van der Waals surface area contributed by atoms with Crippen LogP contribution in [-0.2, 0) is 11.3 Å². The summed E-state index contributed by atoms with van der Waals surface area (Å²) in [4.78, 5) is 12.9. The topological polar surface area (TPSA) is 38.3 Å². The lowest BCUT2D eigenvalue weighted by molar-refractivity contribution is 0.103. The predicted octanol–water partition coefficient (Wildman–Crippen LogP) is 7.34. The lowest BCUT2D eigenvalue weighted by Crippen LogP contribution is -2.05. The molecule has 0 amide bonds. The first kappa shape index (κ1) is 22.3. The molecule has 0 spiro atoms. The molecule has 0 heterocycles. The maximum atomic E-state index is 12.9. The van der Waals surface area contributed by atoms with Crippen molar-refractivity contribution in [1.82, 2.24) is 0 Å². The van der Waals surface area contributed by atoms with E-state index in [9.17, 15) is 4.79 Å². The number of halogens is 3. The molecule has 0 saturated heterocycles. The molecule has 0 atom stereocenters. The minimum absolute atomic E-state index is 0.0730. The van der Waals surface area contributed by atoms with Crippen LogP contribution in [0.15, 0.2) is 65.1 Å². The lowest BCUT2D eigenvalue weighted by Gasteiger charge is -2.14. The van der Waals surface area contributed by atoms with Gasteiger partial charge in [0.05, 0.1) is 18.2 Å². The van der Waals surface area contributed by atoms with Crippen molar-refractivity contribution in [2.24, 2.45) is 0 Å². The summed E-state index contributed by atoms with van der Waals surface area (Å²) in [6, 6.07) is 18.9. The molecule has 3 nitrogen and oxygen atoms in total. The molecule has 3 aromatic rings. The van der Waals surface area contributed by atoms with Crippen molar-refractivity contribution in [3.05, 3.63) is 92.4 Å². The Balaban J connectivity index is 1.83. The van der Waals surface area contributed by atoms with Crippen molar-refractivity contribution in [3.8, 4) is 0 Å². The number of anilines is 2. The van der Waals surface area contributed by atoms with E-state index in [4.69, 9.17) is 16.3 Å². The molecule has 150 valence electrons. The van der Waals surface area contributed by atoms with E-state index in [0.29, 0.717) is 29.4 Å². The molecular weight excluding hydrogens is 565 g/mol. The van der Waals surface area contributed by atoms with E-state index in [1.54, 1.807) is 12.1 Å². The number of ketones is 1. The van der Waals surface area contributed by atoms with Crippen LogP contribution in [-0.4, -0.2) is 16.8 Å². The van der Waals surface area contributed by atoms with Crippen molar-refractivity contribution in [1.29, 1.82) is 0 Å². The molecule has 0 fully saturated rings. The zero-order chi connectivity index (χ0) is 20.8. The van der Waals surface area contributed by atoms with Gasteiger partial charge in [0.15, 0.2) is 5.78 Å². The molecule has 0 aliphatic rings. The zero-order valence-electron chi connectivity index (χ0n) is 15.8. The van der Waals surface area contributed by atoms with Crippen LogP contribution in [0.1, 0.15) is 27.0 Å². The Morgan fingerprint density at radius 1 is 1.10 bits per heavy atom. The van der Waals surface area contributed by atoms with Crippen LogP contribution in [0.3, 0.4) is 0 Å². The van der Waals surface area contributed by atoms with E-state index in [0.717, 1.165) is 31.4 Å². The van der Waals surface area contributed by atoms with Crippen LogP contribution in [0.4, 0.5) is 11.4 Å². The summed E-state index contributed by atoms with van der Waals surface area (Å²) in [5.74, 6) is -0.0730. The summed E-state index contributed by atoms with van der Waals surface area (Å²) in [5.41, 5.74) is 4.89. The highest BCUT2D eigenvalue weighted by Crippen LogP contribution is 2.29. The van der Waals surface area contributed by atoms with Gasteiger partial charge in [-0.25, -0.2) is 0 Å². The van der Waals surface area contributed by atoms with Crippen LogP contribution in [0.5, 0.6) is 0 Å². The van der Waals surface area contributed by atoms with Gasteiger partial charge in [-0.05, 0) is 48.9 Å². The Hall–Kier alpha value is -1.41. The Kier molecular flexibility index (Phi) is 8.12. The van der Waals surface area contributed by atoms with E-state index in [-0.39, 0.29) is 5.78 Å². The number of rotatable bonds is 8. The minimum Gasteiger partial charge on any atom is -0.376 e. The molecule has 3 aromatic carbocycles. The number of ether oxygens (including phenoxy) is 1. The molecule has 3 rings (SSSR count). The second-order valence-corrected chi connectivity index (χ2v) is 8.91. The Morgan fingerprint density at radius 2 is 1.90 bits per heavy atom. The number of carbonyl (C=O) groups is 1. The smallest absolute Gasteiger partial charge is 0.194 e. The van der Waals surface area contributed by atoms with Gasteiger partial charge in [-0.15, -0.1) is 0 Å². The van der Waals surface area contributed by atoms with Gasteiger partial charge >= 0.3 is 0 Å². The van der Waals surface area contributed by atoms with Crippen LogP contribution in [0.25, 0.3) is 0 Å². The van der Waals surface area contributed by atoms with Crippen LogP contribution >= 0.6 is 50.1 Å². The first-order chi connectivity index (χ1) is 14.0. The summed E-state index contributed by atoms with van der Waals surface area (Å²) in [5, 5.41) is 3.81. The highest BCUT2D eigenvalue weighted by Gasteiger charge is 2.15. The van der Waals surface area contributed by atoms with E-state index >= 15 is 0 Å². The summed E-state index contributed by atoms with van der Waals surface area (Å²) in [7, 11) is 0. The maximum absolute atomic E-state index is 12.9. The standard InChI is InChI=1S/C23H20BrClINO2/c1-15-4-2-3-5-19(15)23(28)20-8-7-18(13-21(20)25)27-22-9-6-17(24)12-16(22)14-29-11-10-26/h2-9,12-13,27H,10-11,14H2,1H3. The van der Waals surface area contributed by atoms with E-state index in [2.05, 4.69) is 43.8 Å². The molecule has 0 aliphatic carbocycles. The molecular formula is C23H20BrClINO2. The Labute approximate surface area is 198 Å². The average Bonchev–Trinajstić information content (AvgIpc) is 2.70. The van der Waals surface area contributed by atoms with Gasteiger partial charge in [-0.1, -0.05) is 74.4 Å². The minimum atomic E-state index is -0.0730. The van der Waals surface area contributed by atoms with E-state index in [1.807, 2.05) is 55.5 Å². The molecule has 1 N–H and O–H groups in total. The van der Waals surface area contributed by atoms with Gasteiger partial charge in [0.2, 0.25) is 0 Å². The van der Waals surface area contributed by atoms with Crippen LogP contribution < -0.4 is 5.32 Å². The van der Waals surface area contributed by atoms with Gasteiger partial charge in [0.1, 0.15) is 0 Å². The third-order valence-electron chi connectivity index (χ3n) is 4.43. The largest absolute Gasteiger partial charge is 0.376 e. The average molecular weight is 585 g/mol. The van der Waals surface area contributed by atoms with Crippen molar-refractivity contribution >= 4 is 67.3 Å². The number of hydrogen-bond acceptors (Lipinski definition) is 3. The summed E-state index contributed by atoms with van der Waals surface area (Å²) in [6.07, 6.45) is 0. The summed E-state index contributed by atoms with van der Waals surface area (Å²) >= 11 is 12.3. The van der Waals surface area contributed by atoms with Gasteiger partial charge in [0.25, 0.3) is 0 Å². The number of hydrogen-bond donors (Lipinski definition) is 1. The van der Waals surface area contributed by atoms with Crippen molar-refractivity contribution in [3.63, 3.8) is 0 Å². The number of nitrogens with one attached hydrogen (secondary N) is 1. The predicted molar refractivity (Wildman–Crippen MR) is 132 cm³/mol. The molecule has 0 unspecified atom stereocenters. The highest BCUT2D eigenvalue weighted by atomic mass is 127. The quantitative estimate of drug-likeness (QED) is 0.130. The molecule has 0 aliphatic heterocycles. The van der Waals surface area contributed by atoms with Gasteiger partial charge in [-0.3, -0.25) is 4.79 Å². The summed E-state index contributed by atoms with van der Waals surface area (Å²) < 4.78 is 7.64. The van der Waals surface area contributed by atoms with Gasteiger partial charge < -0.3 is 10.1 Å². The van der Waals surface area contributed by atoms with Crippen LogP contribution in [0.2, 0.25) is 5.02 Å². The molecule has 0 saturated carbocycles. The maximum Gasteiger partial charge on any atom is 0.194 e. The number of alkyl halides is 1. The van der Waals surface area contributed by atoms with Gasteiger partial charge in [0, 0.05) is 37.0 Å². The monoisotopic (exact) mass is 583 g/mol. The third kappa shape index (κ3) is 5.81. The van der Waals surface area contributed by atoms with Crippen molar-refractivity contribution in [2.75, 3.05) is 16.4 Å². The molecule has 0 aromatic heterocycles. The van der Waals surface area contributed by atoms with Crippen molar-refractivity contribution < 1.29 is 9.53 Å². The fourth-order valence-corrected chi connectivity index (χ4v) is 3.93. The lowest BCUT2D eigenvalue weighted by atomic mass is 9.99. The SMILES string of the molecule is Cc1ccccc1C(=O)c1ccc(Nc2ccc(Br)cc2COCCI)cc1Cl. The first-order valence-corrected chi connectivity index (χ1v) is 11.8. The first-order valence-electron chi connectivity index (χ1n) is 9.08. The van der Waals surface area contributed by atoms with Crippen LogP contribution in [0, 0.1) is 6.92 Å². The fraction of sp³-hybridized carbons (Fsp3) is 0.174. The molecule has 29 heavy (non-hydrogen) atoms. The zero-order valence-corrected chi connectivity index (χ0v) is 20.3. The second-order valence-electron chi connectivity index (χ2n) is 6.51. The fourth-order valence-electron chi connectivity index (χ4n) is 2.95. The van der Waals surface area contributed by atoms with E-state index < -0.39 is 0 Å². The number of benzene rings is 3. The number of aryl methyl sites for hydroxylation is 1. The third-order valence-corrected chi connectivity index (χ3v) is 5.68. The second kappa shape index (κ2) is 10.6. The molecule has 6 heteroatoms. The summed E-state index contributed by atoms with van der Waals surface area (Å²) in [6.45, 7) is 3.14. The molecule has 0 bridgehead atoms. The van der Waals surface area contributed by atoms with Crippen molar-refractivity contribution in [2.45, 2.75) is 13.5 Å². The Bertz CT molecular complexity index is 1030. The van der Waals surface area contributed by atoms with E-state index in [1.165, 1.54) is 0 Å². The highest BCUT2D eigenvalue weighted by molar-refractivity contribution is 14.1. The molecule has 0 radical (unpaired) electrons. The normalized spacial score (nSPS) is 10.8. The Morgan fingerprint density at radius 3 is 2.62 bits per heavy atom. The van der Waals surface area contributed by atoms with Gasteiger partial charge in [-0.2, -0.15) is 0 Å².